The van der Waals surface area contributed by atoms with Crippen LogP contribution in [0.25, 0.3) is 0 Å². The molecule has 0 bridgehead atoms. The fourth-order valence-corrected chi connectivity index (χ4v) is 4.98. The number of hydrogen-bond donors (Lipinski definition) is 1. The van der Waals surface area contributed by atoms with Crippen LogP contribution >= 0.6 is 0 Å². The van der Waals surface area contributed by atoms with Gasteiger partial charge in [-0.1, -0.05) is 0 Å². The average Bonchev–Trinajstić information content (AvgIpc) is 3.18. The van der Waals surface area contributed by atoms with Gasteiger partial charge >= 0.3 is 0 Å². The second-order valence-corrected chi connectivity index (χ2v) is 9.75. The minimum absolute atomic E-state index is 0.0572. The van der Waals surface area contributed by atoms with Gasteiger partial charge in [-0.3, -0.25) is 0 Å². The van der Waals surface area contributed by atoms with Crippen molar-refractivity contribution in [3.05, 3.63) is 30.1 Å². The van der Waals surface area contributed by atoms with Crippen LogP contribution in [0, 0.1) is 5.82 Å². The van der Waals surface area contributed by atoms with Gasteiger partial charge in [0, 0.05) is 0 Å². The highest BCUT2D eigenvalue weighted by Crippen LogP contribution is 2.41. The number of ether oxygens (including phenoxy) is 5. The van der Waals surface area contributed by atoms with Gasteiger partial charge in [0.15, 0.2) is 17.9 Å². The molecule has 156 valence electrons. The van der Waals surface area contributed by atoms with Gasteiger partial charge in [0.05, 0.1) is 17.5 Å². The predicted molar refractivity (Wildman–Crippen MR) is 94.1 cm³/mol. The smallest absolute Gasteiger partial charge is 0.241 e. The SMILES string of the molecule is CC1(C)O[C@H]2O[C@H]([C@H]3COC(C)(C)O3)[C@@H](NS(=O)(=O)c3ccc(F)cc3)[C@H]2O1. The monoisotopic (exact) mass is 417 g/mol. The summed E-state index contributed by atoms with van der Waals surface area (Å²) in [6, 6.07) is 3.82. The van der Waals surface area contributed by atoms with Crippen molar-refractivity contribution in [1.29, 1.82) is 0 Å². The highest BCUT2D eigenvalue weighted by atomic mass is 32.2. The standard InChI is InChI=1S/C18H24FNO7S/c1-17(2)23-9-12(25-17)14-13(15-16(24-14)27-18(3,4)26-15)20-28(21,22)11-7-5-10(19)6-8-11/h5-8,12-16,20H,9H2,1-4H3/t12-,13-,14-,15-,16-/m1/s1. The van der Waals surface area contributed by atoms with Crippen LogP contribution in [0.15, 0.2) is 29.2 Å². The molecule has 8 nitrogen and oxygen atoms in total. The summed E-state index contributed by atoms with van der Waals surface area (Å²) in [6.45, 7) is 7.25. The third kappa shape index (κ3) is 3.82. The Hall–Kier alpha value is -1.14. The van der Waals surface area contributed by atoms with Gasteiger partial charge in [0.2, 0.25) is 10.0 Å². The lowest BCUT2D eigenvalue weighted by molar-refractivity contribution is -0.223. The first-order valence-corrected chi connectivity index (χ1v) is 10.5. The van der Waals surface area contributed by atoms with E-state index in [1.54, 1.807) is 27.7 Å². The molecule has 10 heteroatoms. The van der Waals surface area contributed by atoms with Gasteiger partial charge in [-0.15, -0.1) is 0 Å². The minimum atomic E-state index is -3.96. The molecule has 3 saturated heterocycles. The number of hydrogen-bond acceptors (Lipinski definition) is 7. The van der Waals surface area contributed by atoms with Crippen LogP contribution in [0.4, 0.5) is 4.39 Å². The van der Waals surface area contributed by atoms with Crippen molar-refractivity contribution in [1.82, 2.24) is 4.72 Å². The van der Waals surface area contributed by atoms with Crippen molar-refractivity contribution in [3.63, 3.8) is 0 Å². The molecule has 3 aliphatic heterocycles. The van der Waals surface area contributed by atoms with Crippen molar-refractivity contribution in [3.8, 4) is 0 Å². The van der Waals surface area contributed by atoms with E-state index in [0.29, 0.717) is 0 Å². The Bertz CT molecular complexity index is 842. The summed E-state index contributed by atoms with van der Waals surface area (Å²) in [6.07, 6.45) is -2.59. The molecule has 3 heterocycles. The van der Waals surface area contributed by atoms with Crippen molar-refractivity contribution in [2.45, 2.75) is 74.8 Å². The minimum Gasteiger partial charge on any atom is -0.348 e. The number of fused-ring (bicyclic) bond motifs is 1. The van der Waals surface area contributed by atoms with Crippen LogP contribution < -0.4 is 4.72 Å². The second-order valence-electron chi connectivity index (χ2n) is 8.04. The zero-order chi connectivity index (χ0) is 20.3. The summed E-state index contributed by atoms with van der Waals surface area (Å²) in [5.41, 5.74) is 0. The second kappa shape index (κ2) is 6.69. The summed E-state index contributed by atoms with van der Waals surface area (Å²) in [5.74, 6) is -2.23. The van der Waals surface area contributed by atoms with Crippen molar-refractivity contribution >= 4 is 10.0 Å². The van der Waals surface area contributed by atoms with Gasteiger partial charge in [-0.25, -0.2) is 17.5 Å². The lowest BCUT2D eigenvalue weighted by Gasteiger charge is -2.29. The molecule has 0 saturated carbocycles. The molecular weight excluding hydrogens is 393 g/mol. The molecule has 5 atom stereocenters. The summed E-state index contributed by atoms with van der Waals surface area (Å²) in [7, 11) is -3.96. The molecule has 1 aromatic rings. The van der Waals surface area contributed by atoms with Crippen LogP contribution in [0.1, 0.15) is 27.7 Å². The maximum Gasteiger partial charge on any atom is 0.241 e. The third-order valence-electron chi connectivity index (χ3n) is 4.90. The third-order valence-corrected chi connectivity index (χ3v) is 6.37. The number of benzene rings is 1. The maximum atomic E-state index is 13.2. The van der Waals surface area contributed by atoms with E-state index in [0.717, 1.165) is 12.1 Å². The highest BCUT2D eigenvalue weighted by molar-refractivity contribution is 7.89. The van der Waals surface area contributed by atoms with E-state index in [9.17, 15) is 12.8 Å². The van der Waals surface area contributed by atoms with Crippen molar-refractivity contribution < 1.29 is 36.5 Å². The average molecular weight is 417 g/mol. The molecule has 3 aliphatic rings. The Morgan fingerprint density at radius 1 is 1.00 bits per heavy atom. The van der Waals surface area contributed by atoms with E-state index < -0.39 is 58.1 Å². The Labute approximate surface area is 163 Å². The van der Waals surface area contributed by atoms with Crippen LogP contribution in [-0.2, 0) is 33.7 Å². The number of sulfonamides is 1. The topological polar surface area (TPSA) is 92.3 Å². The van der Waals surface area contributed by atoms with E-state index >= 15 is 0 Å². The molecular formula is C18H24FNO7S. The lowest BCUT2D eigenvalue weighted by atomic mass is 10.0. The van der Waals surface area contributed by atoms with Crippen LogP contribution in [0.3, 0.4) is 0 Å². The largest absolute Gasteiger partial charge is 0.348 e. The van der Waals surface area contributed by atoms with Crippen LogP contribution in [-0.4, -0.2) is 57.2 Å². The van der Waals surface area contributed by atoms with Crippen LogP contribution in [0.2, 0.25) is 0 Å². The Morgan fingerprint density at radius 3 is 2.29 bits per heavy atom. The number of rotatable bonds is 4. The first-order valence-electron chi connectivity index (χ1n) is 9.07. The van der Waals surface area contributed by atoms with Crippen LogP contribution in [0.5, 0.6) is 0 Å². The summed E-state index contributed by atoms with van der Waals surface area (Å²) >= 11 is 0. The van der Waals surface area contributed by atoms with Gasteiger partial charge in [0.25, 0.3) is 0 Å². The fourth-order valence-electron chi connectivity index (χ4n) is 3.72. The zero-order valence-electron chi connectivity index (χ0n) is 16.0. The normalized spacial score (nSPS) is 36.5. The fraction of sp³-hybridized carbons (Fsp3) is 0.667. The number of nitrogens with one attached hydrogen (secondary N) is 1. The molecule has 0 spiro atoms. The first kappa shape index (κ1) is 20.1. The van der Waals surface area contributed by atoms with Gasteiger partial charge in [0.1, 0.15) is 24.1 Å². The molecule has 4 rings (SSSR count). The summed E-state index contributed by atoms with van der Waals surface area (Å²) in [5, 5.41) is 0. The maximum absolute atomic E-state index is 13.2. The Balaban J connectivity index is 1.61. The summed E-state index contributed by atoms with van der Waals surface area (Å²) in [4.78, 5) is -0.0572. The summed E-state index contributed by atoms with van der Waals surface area (Å²) < 4.78 is 70.7. The quantitative estimate of drug-likeness (QED) is 0.794. The van der Waals surface area contributed by atoms with E-state index in [1.165, 1.54) is 12.1 Å². The van der Waals surface area contributed by atoms with E-state index in [-0.39, 0.29) is 11.5 Å². The molecule has 0 aliphatic carbocycles. The molecule has 0 radical (unpaired) electrons. The zero-order valence-corrected chi connectivity index (χ0v) is 16.9. The Kier molecular flexibility index (Phi) is 4.82. The molecule has 0 unspecified atom stereocenters. The van der Waals surface area contributed by atoms with E-state index in [4.69, 9.17) is 23.7 Å². The van der Waals surface area contributed by atoms with Gasteiger partial charge in [-0.05, 0) is 52.0 Å². The molecule has 0 amide bonds. The van der Waals surface area contributed by atoms with Crippen molar-refractivity contribution in [2.75, 3.05) is 6.61 Å². The first-order chi connectivity index (χ1) is 13.0. The highest BCUT2D eigenvalue weighted by Gasteiger charge is 2.59. The number of halogens is 1. The van der Waals surface area contributed by atoms with Gasteiger partial charge in [-0.2, -0.15) is 0 Å². The molecule has 1 aromatic carbocycles. The van der Waals surface area contributed by atoms with E-state index in [1.807, 2.05) is 0 Å². The van der Waals surface area contributed by atoms with Gasteiger partial charge < -0.3 is 23.7 Å². The molecule has 1 N–H and O–H groups in total. The molecule has 0 aromatic heterocycles. The predicted octanol–water partition coefficient (Wildman–Crippen LogP) is 1.50. The molecule has 3 fully saturated rings. The van der Waals surface area contributed by atoms with Crippen molar-refractivity contribution in [2.24, 2.45) is 0 Å². The lowest BCUT2D eigenvalue weighted by Crippen LogP contribution is -2.52. The molecule has 28 heavy (non-hydrogen) atoms. The van der Waals surface area contributed by atoms with E-state index in [2.05, 4.69) is 4.72 Å². The Morgan fingerprint density at radius 2 is 1.68 bits per heavy atom.